The van der Waals surface area contributed by atoms with E-state index >= 15 is 0 Å². The third-order valence-electron chi connectivity index (χ3n) is 6.43. The molecule has 158 valence electrons. The quantitative estimate of drug-likeness (QED) is 0.557. The molecule has 1 atom stereocenters. The second-order valence-corrected chi connectivity index (χ2v) is 8.03. The summed E-state index contributed by atoms with van der Waals surface area (Å²) in [6, 6.07) is 18.7. The van der Waals surface area contributed by atoms with Crippen molar-refractivity contribution in [3.8, 4) is 5.75 Å². The molecule has 5 rings (SSSR count). The van der Waals surface area contributed by atoms with E-state index in [1.165, 1.54) is 11.0 Å². The summed E-state index contributed by atoms with van der Waals surface area (Å²) < 4.78 is 45.6. The Hall–Kier alpha value is -3.28. The zero-order valence-electron chi connectivity index (χ0n) is 16.9. The molecule has 2 aliphatic rings. The van der Waals surface area contributed by atoms with Crippen LogP contribution in [0.5, 0.6) is 5.75 Å². The Balaban J connectivity index is 1.65. The average molecular weight is 423 g/mol. The number of carbonyl (C=O) groups excluding carboxylic acids is 1. The van der Waals surface area contributed by atoms with Crippen LogP contribution in [-0.4, -0.2) is 13.0 Å². The van der Waals surface area contributed by atoms with Crippen LogP contribution in [0.3, 0.4) is 0 Å². The summed E-state index contributed by atoms with van der Waals surface area (Å²) in [6.45, 7) is 0.195. The summed E-state index contributed by atoms with van der Waals surface area (Å²) in [6.07, 6.45) is -3.20. The first-order valence-corrected chi connectivity index (χ1v) is 10.1. The van der Waals surface area contributed by atoms with E-state index in [9.17, 15) is 18.0 Å². The summed E-state index contributed by atoms with van der Waals surface area (Å²) in [5.74, 6) is 0.514. The van der Waals surface area contributed by atoms with Crippen molar-refractivity contribution in [2.45, 2.75) is 31.0 Å². The smallest absolute Gasteiger partial charge is 0.416 e. The van der Waals surface area contributed by atoms with E-state index in [2.05, 4.69) is 0 Å². The van der Waals surface area contributed by atoms with Gasteiger partial charge in [0, 0.05) is 5.69 Å². The number of aryl methyl sites for hydroxylation is 1. The maximum absolute atomic E-state index is 13.9. The van der Waals surface area contributed by atoms with Crippen LogP contribution in [0, 0.1) is 0 Å². The Kier molecular flexibility index (Phi) is 4.36. The van der Waals surface area contributed by atoms with Crippen molar-refractivity contribution in [2.75, 3.05) is 12.0 Å². The zero-order chi connectivity index (χ0) is 21.8. The van der Waals surface area contributed by atoms with Gasteiger partial charge in [0.2, 0.25) is 5.91 Å². The standard InChI is InChI=1S/C25H20F3NO2/c1-31-19-9-6-16(7-10-19)15-29-22-14-18(25(26,27)28)8-11-21(22)24(23(29)30)13-12-17-4-2-3-5-20(17)24/h2-11,14H,12-13,15H2,1H3. The molecule has 0 radical (unpaired) electrons. The van der Waals surface area contributed by atoms with Gasteiger partial charge >= 0.3 is 6.18 Å². The van der Waals surface area contributed by atoms with Gasteiger partial charge in [-0.25, -0.2) is 0 Å². The number of hydrogen-bond donors (Lipinski definition) is 0. The van der Waals surface area contributed by atoms with Gasteiger partial charge in [0.25, 0.3) is 0 Å². The van der Waals surface area contributed by atoms with E-state index in [4.69, 9.17) is 4.74 Å². The van der Waals surface area contributed by atoms with Crippen molar-refractivity contribution in [3.63, 3.8) is 0 Å². The number of hydrogen-bond acceptors (Lipinski definition) is 2. The van der Waals surface area contributed by atoms with Crippen LogP contribution in [0.25, 0.3) is 0 Å². The molecule has 0 aromatic heterocycles. The SMILES string of the molecule is COc1ccc(CN2C(=O)C3(CCc4ccccc43)c3ccc(C(F)(F)F)cc32)cc1. The van der Waals surface area contributed by atoms with E-state index < -0.39 is 17.2 Å². The lowest BCUT2D eigenvalue weighted by atomic mass is 9.76. The molecule has 0 N–H and O–H groups in total. The lowest BCUT2D eigenvalue weighted by Crippen LogP contribution is -2.39. The number of nitrogens with zero attached hydrogens (tertiary/aromatic N) is 1. The highest BCUT2D eigenvalue weighted by molar-refractivity contribution is 6.11. The molecule has 6 heteroatoms. The average Bonchev–Trinajstić information content (AvgIpc) is 3.26. The number of benzene rings is 3. The number of anilines is 1. The van der Waals surface area contributed by atoms with Crippen molar-refractivity contribution >= 4 is 11.6 Å². The molecule has 3 aromatic carbocycles. The molecule has 0 saturated carbocycles. The van der Waals surface area contributed by atoms with Crippen LogP contribution in [0.1, 0.15) is 34.2 Å². The molecule has 0 fully saturated rings. The monoisotopic (exact) mass is 423 g/mol. The van der Waals surface area contributed by atoms with E-state index in [-0.39, 0.29) is 12.5 Å². The Morgan fingerprint density at radius 3 is 2.45 bits per heavy atom. The minimum absolute atomic E-state index is 0.164. The third-order valence-corrected chi connectivity index (χ3v) is 6.43. The van der Waals surface area contributed by atoms with E-state index in [1.54, 1.807) is 19.2 Å². The minimum Gasteiger partial charge on any atom is -0.497 e. The lowest BCUT2D eigenvalue weighted by Gasteiger charge is -2.25. The first-order chi connectivity index (χ1) is 14.8. The van der Waals surface area contributed by atoms with Crippen LogP contribution in [-0.2, 0) is 29.4 Å². The number of carbonyl (C=O) groups is 1. The summed E-state index contributed by atoms with van der Waals surface area (Å²) in [5.41, 5.74) is 2.12. The molecule has 3 nitrogen and oxygen atoms in total. The molecular weight excluding hydrogens is 403 g/mol. The predicted octanol–water partition coefficient (Wildman–Crippen LogP) is 5.49. The Morgan fingerprint density at radius 1 is 1.00 bits per heavy atom. The first-order valence-electron chi connectivity index (χ1n) is 10.1. The minimum atomic E-state index is -4.48. The topological polar surface area (TPSA) is 29.5 Å². The molecule has 1 unspecified atom stereocenters. The highest BCUT2D eigenvalue weighted by atomic mass is 19.4. The lowest BCUT2D eigenvalue weighted by molar-refractivity contribution is -0.137. The molecule has 1 spiro atoms. The first kappa shape index (κ1) is 19.7. The second-order valence-electron chi connectivity index (χ2n) is 8.03. The van der Waals surface area contributed by atoms with Crippen molar-refractivity contribution < 1.29 is 22.7 Å². The van der Waals surface area contributed by atoms with Crippen molar-refractivity contribution in [1.82, 2.24) is 0 Å². The van der Waals surface area contributed by atoms with E-state index in [0.717, 1.165) is 35.2 Å². The highest BCUT2D eigenvalue weighted by Gasteiger charge is 2.55. The van der Waals surface area contributed by atoms with Gasteiger partial charge in [-0.3, -0.25) is 4.79 Å². The van der Waals surface area contributed by atoms with Gasteiger partial charge in [-0.05, 0) is 59.4 Å². The Bertz CT molecular complexity index is 1170. The fraction of sp³-hybridized carbons (Fsp3) is 0.240. The molecule has 0 bridgehead atoms. The fourth-order valence-electron chi connectivity index (χ4n) is 4.93. The highest BCUT2D eigenvalue weighted by Crippen LogP contribution is 2.54. The number of fused-ring (bicyclic) bond motifs is 4. The number of ether oxygens (including phenoxy) is 1. The maximum Gasteiger partial charge on any atom is 0.416 e. The third kappa shape index (κ3) is 2.92. The zero-order valence-corrected chi connectivity index (χ0v) is 16.9. The van der Waals surface area contributed by atoms with E-state index in [0.29, 0.717) is 23.4 Å². The molecule has 0 saturated heterocycles. The van der Waals surface area contributed by atoms with E-state index in [1.807, 2.05) is 36.4 Å². The summed E-state index contributed by atoms with van der Waals surface area (Å²) in [4.78, 5) is 15.4. The molecule has 31 heavy (non-hydrogen) atoms. The molecule has 3 aromatic rings. The summed E-state index contributed by atoms with van der Waals surface area (Å²) in [7, 11) is 1.56. The van der Waals surface area contributed by atoms with Crippen molar-refractivity contribution in [1.29, 1.82) is 0 Å². The number of alkyl halides is 3. The Morgan fingerprint density at radius 2 is 1.74 bits per heavy atom. The van der Waals surface area contributed by atoms with Crippen LogP contribution in [0.4, 0.5) is 18.9 Å². The van der Waals surface area contributed by atoms with Crippen LogP contribution < -0.4 is 9.64 Å². The predicted molar refractivity (Wildman–Crippen MR) is 111 cm³/mol. The molecule has 1 aliphatic heterocycles. The number of amides is 1. The number of halogens is 3. The van der Waals surface area contributed by atoms with Gasteiger partial charge in [0.05, 0.1) is 19.2 Å². The summed E-state index contributed by atoms with van der Waals surface area (Å²) in [5, 5.41) is 0. The second kappa shape index (κ2) is 6.87. The molecule has 1 heterocycles. The van der Waals surface area contributed by atoms with Gasteiger partial charge in [0.15, 0.2) is 0 Å². The van der Waals surface area contributed by atoms with Gasteiger partial charge in [-0.15, -0.1) is 0 Å². The van der Waals surface area contributed by atoms with Gasteiger partial charge < -0.3 is 9.64 Å². The fourth-order valence-corrected chi connectivity index (χ4v) is 4.93. The summed E-state index contributed by atoms with van der Waals surface area (Å²) >= 11 is 0. The van der Waals surface area contributed by atoms with Crippen molar-refractivity contribution in [2.24, 2.45) is 0 Å². The van der Waals surface area contributed by atoms with Gasteiger partial charge in [-0.1, -0.05) is 42.5 Å². The van der Waals surface area contributed by atoms with Gasteiger partial charge in [-0.2, -0.15) is 13.2 Å². The van der Waals surface area contributed by atoms with Crippen LogP contribution in [0.2, 0.25) is 0 Å². The van der Waals surface area contributed by atoms with Crippen molar-refractivity contribution in [3.05, 3.63) is 94.5 Å². The van der Waals surface area contributed by atoms with Gasteiger partial charge in [0.1, 0.15) is 11.2 Å². The maximum atomic E-state index is 13.9. The Labute approximate surface area is 178 Å². The normalized spacial score (nSPS) is 19.6. The largest absolute Gasteiger partial charge is 0.497 e. The molecule has 1 amide bonds. The number of rotatable bonds is 3. The van der Waals surface area contributed by atoms with Crippen LogP contribution in [0.15, 0.2) is 66.7 Å². The number of methoxy groups -OCH3 is 1. The molecular formula is C25H20F3NO2. The molecule has 1 aliphatic carbocycles. The van der Waals surface area contributed by atoms with Crippen LogP contribution >= 0.6 is 0 Å².